The average Bonchev–Trinajstić information content (AvgIpc) is 2.28. The SMILES string of the molecule is COC(=O)C(C)NC(=O)C1(C)CCCCC1. The standard InChI is InChI=1S/C12H21NO3/c1-9(10(14)16-3)13-11(15)12(2)7-5-4-6-8-12/h9H,4-8H2,1-3H3,(H,13,15). The maximum absolute atomic E-state index is 12.0. The van der Waals surface area contributed by atoms with Gasteiger partial charge in [0.1, 0.15) is 6.04 Å². The molecular formula is C12H21NO3. The second kappa shape index (κ2) is 5.32. The van der Waals surface area contributed by atoms with Gasteiger partial charge in [0.25, 0.3) is 0 Å². The quantitative estimate of drug-likeness (QED) is 0.746. The Morgan fingerprint density at radius 3 is 2.31 bits per heavy atom. The fourth-order valence-corrected chi connectivity index (χ4v) is 2.17. The second-order valence-corrected chi connectivity index (χ2v) is 4.84. The average molecular weight is 227 g/mol. The molecule has 1 N–H and O–H groups in total. The van der Waals surface area contributed by atoms with E-state index in [0.29, 0.717) is 0 Å². The molecule has 1 amide bonds. The molecule has 92 valence electrons. The van der Waals surface area contributed by atoms with Crippen LogP contribution in [0, 0.1) is 5.41 Å². The smallest absolute Gasteiger partial charge is 0.328 e. The number of esters is 1. The maximum atomic E-state index is 12.0. The van der Waals surface area contributed by atoms with Gasteiger partial charge in [-0.2, -0.15) is 0 Å². The molecule has 4 nitrogen and oxygen atoms in total. The number of hydrogen-bond donors (Lipinski definition) is 1. The van der Waals surface area contributed by atoms with E-state index < -0.39 is 12.0 Å². The lowest BCUT2D eigenvalue weighted by Gasteiger charge is -2.32. The molecule has 0 bridgehead atoms. The Morgan fingerprint density at radius 1 is 1.25 bits per heavy atom. The van der Waals surface area contributed by atoms with Crippen molar-refractivity contribution < 1.29 is 14.3 Å². The number of carbonyl (C=O) groups excluding carboxylic acids is 2. The minimum Gasteiger partial charge on any atom is -0.467 e. The van der Waals surface area contributed by atoms with E-state index in [1.54, 1.807) is 6.92 Å². The Hall–Kier alpha value is -1.06. The van der Waals surface area contributed by atoms with E-state index in [9.17, 15) is 9.59 Å². The first-order valence-electron chi connectivity index (χ1n) is 5.88. The van der Waals surface area contributed by atoms with Crippen LogP contribution in [0.1, 0.15) is 46.0 Å². The first-order valence-corrected chi connectivity index (χ1v) is 5.88. The van der Waals surface area contributed by atoms with E-state index in [2.05, 4.69) is 10.1 Å². The molecule has 0 radical (unpaired) electrons. The molecule has 0 heterocycles. The summed E-state index contributed by atoms with van der Waals surface area (Å²) in [4.78, 5) is 23.2. The van der Waals surface area contributed by atoms with Crippen molar-refractivity contribution in [1.29, 1.82) is 0 Å². The number of nitrogens with one attached hydrogen (secondary N) is 1. The van der Waals surface area contributed by atoms with Gasteiger partial charge in [-0.15, -0.1) is 0 Å². The minimum atomic E-state index is -0.559. The van der Waals surface area contributed by atoms with Crippen LogP contribution in [0.4, 0.5) is 0 Å². The Morgan fingerprint density at radius 2 is 1.81 bits per heavy atom. The van der Waals surface area contributed by atoms with Crippen LogP contribution in [0.5, 0.6) is 0 Å². The summed E-state index contributed by atoms with van der Waals surface area (Å²) in [6.45, 7) is 3.63. The number of methoxy groups -OCH3 is 1. The van der Waals surface area contributed by atoms with E-state index in [4.69, 9.17) is 0 Å². The van der Waals surface area contributed by atoms with E-state index in [-0.39, 0.29) is 11.3 Å². The van der Waals surface area contributed by atoms with Crippen molar-refractivity contribution in [2.75, 3.05) is 7.11 Å². The van der Waals surface area contributed by atoms with Crippen molar-refractivity contribution in [3.8, 4) is 0 Å². The summed E-state index contributed by atoms with van der Waals surface area (Å²) in [5, 5.41) is 2.73. The molecule has 1 fully saturated rings. The first-order chi connectivity index (χ1) is 7.49. The Balaban J connectivity index is 2.53. The number of rotatable bonds is 3. The Kier molecular flexibility index (Phi) is 4.33. The van der Waals surface area contributed by atoms with Gasteiger partial charge < -0.3 is 10.1 Å². The first kappa shape index (κ1) is 13.0. The third kappa shape index (κ3) is 2.97. The molecule has 1 atom stereocenters. The topological polar surface area (TPSA) is 55.4 Å². The van der Waals surface area contributed by atoms with Crippen molar-refractivity contribution >= 4 is 11.9 Å². The predicted octanol–water partition coefficient (Wildman–Crippen LogP) is 1.63. The highest BCUT2D eigenvalue weighted by molar-refractivity contribution is 5.87. The maximum Gasteiger partial charge on any atom is 0.328 e. The van der Waals surface area contributed by atoms with Crippen LogP contribution >= 0.6 is 0 Å². The van der Waals surface area contributed by atoms with Gasteiger partial charge in [-0.1, -0.05) is 26.2 Å². The zero-order valence-corrected chi connectivity index (χ0v) is 10.3. The number of carbonyl (C=O) groups is 2. The zero-order valence-electron chi connectivity index (χ0n) is 10.3. The molecule has 1 unspecified atom stereocenters. The van der Waals surface area contributed by atoms with Crippen LogP contribution in [-0.4, -0.2) is 25.0 Å². The summed E-state index contributed by atoms with van der Waals surface area (Å²) in [5.41, 5.74) is -0.305. The van der Waals surface area contributed by atoms with Crippen molar-refractivity contribution in [3.63, 3.8) is 0 Å². The summed E-state index contributed by atoms with van der Waals surface area (Å²) in [7, 11) is 1.33. The molecule has 0 aromatic rings. The predicted molar refractivity (Wildman–Crippen MR) is 60.8 cm³/mol. The lowest BCUT2D eigenvalue weighted by molar-refractivity contribution is -0.146. The normalized spacial score (nSPS) is 20.9. The highest BCUT2D eigenvalue weighted by Gasteiger charge is 2.35. The van der Waals surface area contributed by atoms with Gasteiger partial charge in [0, 0.05) is 5.41 Å². The molecular weight excluding hydrogens is 206 g/mol. The fourth-order valence-electron chi connectivity index (χ4n) is 2.17. The van der Waals surface area contributed by atoms with Crippen LogP contribution in [0.3, 0.4) is 0 Å². The zero-order chi connectivity index (χ0) is 12.2. The summed E-state index contributed by atoms with van der Waals surface area (Å²) < 4.78 is 4.58. The van der Waals surface area contributed by atoms with Gasteiger partial charge in [-0.3, -0.25) is 4.79 Å². The third-order valence-corrected chi connectivity index (χ3v) is 3.41. The summed E-state index contributed by atoms with van der Waals surface area (Å²) in [6, 6.07) is -0.559. The molecule has 0 aromatic carbocycles. The van der Waals surface area contributed by atoms with Gasteiger partial charge in [-0.25, -0.2) is 4.79 Å². The molecule has 1 aliphatic rings. The van der Waals surface area contributed by atoms with Gasteiger partial charge in [0.15, 0.2) is 0 Å². The molecule has 0 aromatic heterocycles. The highest BCUT2D eigenvalue weighted by atomic mass is 16.5. The van der Waals surface area contributed by atoms with Gasteiger partial charge >= 0.3 is 5.97 Å². The van der Waals surface area contributed by atoms with Crippen molar-refractivity contribution in [2.45, 2.75) is 52.0 Å². The monoisotopic (exact) mass is 227 g/mol. The Labute approximate surface area is 96.7 Å². The number of ether oxygens (including phenoxy) is 1. The molecule has 1 saturated carbocycles. The number of hydrogen-bond acceptors (Lipinski definition) is 3. The van der Waals surface area contributed by atoms with Crippen LogP contribution in [0.2, 0.25) is 0 Å². The summed E-state index contributed by atoms with van der Waals surface area (Å²) >= 11 is 0. The highest BCUT2D eigenvalue weighted by Crippen LogP contribution is 2.35. The molecule has 1 aliphatic carbocycles. The van der Waals surface area contributed by atoms with Gasteiger partial charge in [0.2, 0.25) is 5.91 Å². The van der Waals surface area contributed by atoms with Crippen LogP contribution in [0.25, 0.3) is 0 Å². The molecule has 0 aliphatic heterocycles. The largest absolute Gasteiger partial charge is 0.467 e. The summed E-state index contributed by atoms with van der Waals surface area (Å²) in [6.07, 6.45) is 5.21. The summed E-state index contributed by atoms with van der Waals surface area (Å²) in [5.74, 6) is -0.419. The van der Waals surface area contributed by atoms with Crippen molar-refractivity contribution in [3.05, 3.63) is 0 Å². The van der Waals surface area contributed by atoms with Crippen LogP contribution in [0.15, 0.2) is 0 Å². The van der Waals surface area contributed by atoms with Gasteiger partial charge in [-0.05, 0) is 19.8 Å². The molecule has 0 spiro atoms. The minimum absolute atomic E-state index is 0.0231. The molecule has 4 heteroatoms. The molecule has 16 heavy (non-hydrogen) atoms. The number of amides is 1. The lowest BCUT2D eigenvalue weighted by Crippen LogP contribution is -2.47. The van der Waals surface area contributed by atoms with Crippen molar-refractivity contribution in [1.82, 2.24) is 5.32 Å². The lowest BCUT2D eigenvalue weighted by atomic mass is 9.75. The van der Waals surface area contributed by atoms with E-state index in [0.717, 1.165) is 25.7 Å². The third-order valence-electron chi connectivity index (χ3n) is 3.41. The molecule has 1 rings (SSSR count). The molecule has 0 saturated heterocycles. The van der Waals surface area contributed by atoms with E-state index in [1.807, 2.05) is 6.92 Å². The van der Waals surface area contributed by atoms with E-state index in [1.165, 1.54) is 13.5 Å². The second-order valence-electron chi connectivity index (χ2n) is 4.84. The fraction of sp³-hybridized carbons (Fsp3) is 0.833. The van der Waals surface area contributed by atoms with E-state index >= 15 is 0 Å². The van der Waals surface area contributed by atoms with Crippen LogP contribution in [-0.2, 0) is 14.3 Å². The van der Waals surface area contributed by atoms with Crippen molar-refractivity contribution in [2.24, 2.45) is 5.41 Å². The van der Waals surface area contributed by atoms with Crippen LogP contribution < -0.4 is 5.32 Å². The van der Waals surface area contributed by atoms with Gasteiger partial charge in [0.05, 0.1) is 7.11 Å². The Bertz CT molecular complexity index is 269.